The molecule has 0 spiro atoms. The average Bonchev–Trinajstić information content (AvgIpc) is 2.50. The molecular weight excluding hydrogens is 331 g/mol. The highest BCUT2D eigenvalue weighted by atomic mass is 35.5. The lowest BCUT2D eigenvalue weighted by molar-refractivity contribution is 0.116. The monoisotopic (exact) mass is 344 g/mol. The fraction of sp³-hybridized carbons (Fsp3) is 0.250. The maximum absolute atomic E-state index is 9.88. The minimum atomic E-state index is -0.910. The van der Waals surface area contributed by atoms with Crippen molar-refractivity contribution in [3.05, 3.63) is 68.7 Å². The molecule has 0 aliphatic carbocycles. The Hall–Kier alpha value is -0.770. The van der Waals surface area contributed by atoms with Gasteiger partial charge in [0.2, 0.25) is 0 Å². The fourth-order valence-electron chi connectivity index (χ4n) is 2.37. The highest BCUT2D eigenvalue weighted by Gasteiger charge is 2.34. The zero-order chi connectivity index (χ0) is 15.5. The number of hydrogen-bond acceptors (Lipinski definition) is 2. The van der Waals surface area contributed by atoms with E-state index in [1.807, 2.05) is 12.1 Å². The van der Waals surface area contributed by atoms with Crippen molar-refractivity contribution in [3.8, 4) is 0 Å². The molecular formula is C16H15Cl3O2. The second-order valence-corrected chi connectivity index (χ2v) is 6.16. The van der Waals surface area contributed by atoms with E-state index in [1.165, 1.54) is 0 Å². The van der Waals surface area contributed by atoms with Crippen LogP contribution >= 0.6 is 34.8 Å². The number of aliphatic hydroxyl groups excluding tert-OH is 2. The van der Waals surface area contributed by atoms with Crippen LogP contribution in [0.15, 0.2) is 42.5 Å². The molecule has 0 heterocycles. The third kappa shape index (κ3) is 3.36. The van der Waals surface area contributed by atoms with Crippen LogP contribution in [0.4, 0.5) is 0 Å². The average molecular weight is 346 g/mol. The first-order valence-corrected chi connectivity index (χ1v) is 7.57. The summed E-state index contributed by atoms with van der Waals surface area (Å²) in [6.45, 7) is -0.508. The summed E-state index contributed by atoms with van der Waals surface area (Å²) < 4.78 is 0. The summed E-state index contributed by atoms with van der Waals surface area (Å²) in [5.74, 6) is 0. The molecule has 0 bridgehead atoms. The molecule has 0 aliphatic heterocycles. The van der Waals surface area contributed by atoms with Gasteiger partial charge in [0, 0.05) is 10.4 Å². The van der Waals surface area contributed by atoms with Crippen molar-refractivity contribution in [1.29, 1.82) is 0 Å². The summed E-state index contributed by atoms with van der Waals surface area (Å²) >= 11 is 18.5. The predicted molar refractivity (Wildman–Crippen MR) is 87.5 cm³/mol. The zero-order valence-electron chi connectivity index (χ0n) is 11.2. The summed E-state index contributed by atoms with van der Waals surface area (Å²) in [5, 5.41) is 21.1. The predicted octanol–water partition coefficient (Wildman–Crippen LogP) is 4.11. The van der Waals surface area contributed by atoms with E-state index in [-0.39, 0.29) is 13.2 Å². The smallest absolute Gasteiger partial charge is 0.0624 e. The van der Waals surface area contributed by atoms with Crippen LogP contribution in [0.2, 0.25) is 15.1 Å². The van der Waals surface area contributed by atoms with Gasteiger partial charge in [-0.2, -0.15) is 0 Å². The van der Waals surface area contributed by atoms with Crippen LogP contribution in [-0.4, -0.2) is 23.4 Å². The van der Waals surface area contributed by atoms with Gasteiger partial charge in [-0.3, -0.25) is 0 Å². The highest BCUT2D eigenvalue weighted by molar-refractivity contribution is 6.42. The van der Waals surface area contributed by atoms with E-state index in [0.29, 0.717) is 27.1 Å². The molecule has 0 saturated carbocycles. The minimum Gasteiger partial charge on any atom is -0.395 e. The molecule has 0 amide bonds. The standard InChI is InChI=1S/C16H15Cl3O2/c17-13-6-2-1-5-12(13)16(9-20,10-21)8-11-4-3-7-14(18)15(11)19/h1-7,20-21H,8-10H2. The zero-order valence-corrected chi connectivity index (χ0v) is 13.5. The third-order valence-electron chi connectivity index (χ3n) is 3.61. The van der Waals surface area contributed by atoms with Gasteiger partial charge in [-0.1, -0.05) is 65.1 Å². The first-order valence-electron chi connectivity index (χ1n) is 6.43. The molecule has 0 atom stereocenters. The van der Waals surface area contributed by atoms with E-state index in [4.69, 9.17) is 34.8 Å². The molecule has 0 saturated heterocycles. The normalized spacial score (nSPS) is 11.7. The Labute approximate surface area is 138 Å². The van der Waals surface area contributed by atoms with Crippen molar-refractivity contribution in [2.45, 2.75) is 11.8 Å². The molecule has 21 heavy (non-hydrogen) atoms. The van der Waals surface area contributed by atoms with Crippen LogP contribution in [0, 0.1) is 0 Å². The largest absolute Gasteiger partial charge is 0.395 e. The van der Waals surface area contributed by atoms with Crippen molar-refractivity contribution in [2.75, 3.05) is 13.2 Å². The maximum Gasteiger partial charge on any atom is 0.0624 e. The van der Waals surface area contributed by atoms with E-state index in [2.05, 4.69) is 0 Å². The van der Waals surface area contributed by atoms with Gasteiger partial charge in [-0.05, 0) is 29.7 Å². The Balaban J connectivity index is 2.49. The summed E-state index contributed by atoms with van der Waals surface area (Å²) in [7, 11) is 0. The molecule has 2 aromatic carbocycles. The first kappa shape index (κ1) is 16.6. The number of hydrogen-bond donors (Lipinski definition) is 2. The Morgan fingerprint density at radius 3 is 2.05 bits per heavy atom. The molecule has 0 aromatic heterocycles. The summed E-state index contributed by atoms with van der Waals surface area (Å²) in [6.07, 6.45) is 0.336. The van der Waals surface area contributed by atoms with Crippen LogP contribution < -0.4 is 0 Å². The maximum atomic E-state index is 9.88. The van der Waals surface area contributed by atoms with Gasteiger partial charge >= 0.3 is 0 Å². The Bertz CT molecular complexity index is 625. The van der Waals surface area contributed by atoms with E-state index in [9.17, 15) is 10.2 Å². The van der Waals surface area contributed by atoms with Crippen molar-refractivity contribution in [1.82, 2.24) is 0 Å². The lowest BCUT2D eigenvalue weighted by atomic mass is 9.76. The van der Waals surface area contributed by atoms with Gasteiger partial charge in [0.05, 0.1) is 23.3 Å². The first-order chi connectivity index (χ1) is 10.0. The van der Waals surface area contributed by atoms with Gasteiger partial charge in [0.25, 0.3) is 0 Å². The summed E-state index contributed by atoms with van der Waals surface area (Å²) in [5.41, 5.74) is 0.534. The van der Waals surface area contributed by atoms with Crippen molar-refractivity contribution in [3.63, 3.8) is 0 Å². The second-order valence-electron chi connectivity index (χ2n) is 4.97. The van der Waals surface area contributed by atoms with Crippen LogP contribution in [0.1, 0.15) is 11.1 Å². The minimum absolute atomic E-state index is 0.254. The van der Waals surface area contributed by atoms with Crippen molar-refractivity contribution in [2.24, 2.45) is 0 Å². The topological polar surface area (TPSA) is 40.5 Å². The van der Waals surface area contributed by atoms with Crippen molar-refractivity contribution < 1.29 is 10.2 Å². The van der Waals surface area contributed by atoms with Gasteiger partial charge in [0.15, 0.2) is 0 Å². The van der Waals surface area contributed by atoms with Gasteiger partial charge in [-0.25, -0.2) is 0 Å². The van der Waals surface area contributed by atoms with Gasteiger partial charge < -0.3 is 10.2 Å². The van der Waals surface area contributed by atoms with Crippen molar-refractivity contribution >= 4 is 34.8 Å². The Kier molecular flexibility index (Phi) is 5.53. The lowest BCUT2D eigenvalue weighted by Crippen LogP contribution is -2.37. The number of rotatable bonds is 5. The molecule has 0 radical (unpaired) electrons. The summed E-state index contributed by atoms with van der Waals surface area (Å²) in [6, 6.07) is 12.5. The van der Waals surface area contributed by atoms with Gasteiger partial charge in [-0.15, -0.1) is 0 Å². The van der Waals surface area contributed by atoms with E-state index in [1.54, 1.807) is 30.3 Å². The van der Waals surface area contributed by atoms with Gasteiger partial charge in [0.1, 0.15) is 0 Å². The number of benzene rings is 2. The third-order valence-corrected chi connectivity index (χ3v) is 4.80. The molecule has 2 aromatic rings. The molecule has 0 aliphatic rings. The SMILES string of the molecule is OCC(CO)(Cc1cccc(Cl)c1Cl)c1ccccc1Cl. The Morgan fingerprint density at radius 1 is 0.810 bits per heavy atom. The molecule has 0 fully saturated rings. The lowest BCUT2D eigenvalue weighted by Gasteiger charge is -2.31. The molecule has 0 unspecified atom stereocenters. The van der Waals surface area contributed by atoms with E-state index >= 15 is 0 Å². The highest BCUT2D eigenvalue weighted by Crippen LogP contribution is 2.36. The number of aliphatic hydroxyl groups is 2. The van der Waals surface area contributed by atoms with E-state index < -0.39 is 5.41 Å². The van der Waals surface area contributed by atoms with Crippen LogP contribution in [0.5, 0.6) is 0 Å². The summed E-state index contributed by atoms with van der Waals surface area (Å²) in [4.78, 5) is 0. The molecule has 5 heteroatoms. The quantitative estimate of drug-likeness (QED) is 0.856. The molecule has 2 rings (SSSR count). The van der Waals surface area contributed by atoms with E-state index in [0.717, 1.165) is 5.56 Å². The second kappa shape index (κ2) is 6.99. The van der Waals surface area contributed by atoms with Crippen LogP contribution in [0.25, 0.3) is 0 Å². The molecule has 2 N–H and O–H groups in total. The Morgan fingerprint density at radius 2 is 1.43 bits per heavy atom. The number of halogens is 3. The van der Waals surface area contributed by atoms with Crippen LogP contribution in [0.3, 0.4) is 0 Å². The fourth-order valence-corrected chi connectivity index (χ4v) is 3.09. The van der Waals surface area contributed by atoms with Crippen LogP contribution in [-0.2, 0) is 11.8 Å². The molecule has 112 valence electrons. The molecule has 2 nitrogen and oxygen atoms in total.